The van der Waals surface area contributed by atoms with E-state index in [-0.39, 0.29) is 6.29 Å². The highest BCUT2D eigenvalue weighted by Crippen LogP contribution is 2.21. The van der Waals surface area contributed by atoms with Crippen molar-refractivity contribution in [1.82, 2.24) is 24.8 Å². The second-order valence-electron chi connectivity index (χ2n) is 4.44. The fourth-order valence-corrected chi connectivity index (χ4v) is 2.15. The van der Waals surface area contributed by atoms with Gasteiger partial charge in [0.05, 0.1) is 5.52 Å². The third-order valence-corrected chi connectivity index (χ3v) is 2.81. The summed E-state index contributed by atoms with van der Waals surface area (Å²) in [6, 6.07) is 5.62. The lowest BCUT2D eigenvalue weighted by Gasteiger charge is -2.30. The van der Waals surface area contributed by atoms with Gasteiger partial charge in [0.15, 0.2) is 6.29 Å². The fourth-order valence-electron chi connectivity index (χ4n) is 1.98. The first kappa shape index (κ1) is 12.3. The van der Waals surface area contributed by atoms with Crippen molar-refractivity contribution >= 4 is 22.6 Å². The third-order valence-electron chi connectivity index (χ3n) is 2.58. The van der Waals surface area contributed by atoms with Crippen molar-refractivity contribution in [1.29, 1.82) is 0 Å². The van der Waals surface area contributed by atoms with Crippen molar-refractivity contribution < 1.29 is 0 Å². The van der Waals surface area contributed by atoms with Crippen LogP contribution in [0, 0.1) is 0 Å². The number of rotatable bonds is 3. The van der Waals surface area contributed by atoms with Crippen molar-refractivity contribution in [2.75, 3.05) is 28.2 Å². The largest absolute Gasteiger partial charge is 0.275 e. The SMILES string of the molecule is CN(C)C(N(C)C)n1nnc2cc(Cl)ccc21. The summed E-state index contributed by atoms with van der Waals surface area (Å²) in [5, 5.41) is 9.02. The number of fused-ring (bicyclic) bond motifs is 1. The molecular formula is C11H16ClN5. The molecule has 1 heterocycles. The van der Waals surface area contributed by atoms with Crippen LogP contribution in [0.2, 0.25) is 5.02 Å². The molecule has 0 aliphatic rings. The van der Waals surface area contributed by atoms with Crippen LogP contribution in [-0.4, -0.2) is 53.0 Å². The minimum atomic E-state index is 0.0289. The molecule has 0 atom stereocenters. The molecule has 1 aromatic carbocycles. The maximum Gasteiger partial charge on any atom is 0.161 e. The van der Waals surface area contributed by atoms with Crippen LogP contribution in [0.5, 0.6) is 0 Å². The van der Waals surface area contributed by atoms with E-state index in [1.807, 2.05) is 51.1 Å². The van der Waals surface area contributed by atoms with Crippen molar-refractivity contribution in [3.8, 4) is 0 Å². The Bertz CT molecular complexity index is 512. The number of nitrogens with zero attached hydrogens (tertiary/aromatic N) is 5. The van der Waals surface area contributed by atoms with E-state index in [1.54, 1.807) is 0 Å². The Kier molecular flexibility index (Phi) is 3.33. The molecule has 0 bridgehead atoms. The standard InChI is InChI=1S/C11H16ClN5/c1-15(2)11(16(3)4)17-10-6-5-8(12)7-9(10)13-14-17/h5-7,11H,1-4H3. The van der Waals surface area contributed by atoms with E-state index in [1.165, 1.54) is 0 Å². The summed E-state index contributed by atoms with van der Waals surface area (Å²) in [5.41, 5.74) is 1.79. The monoisotopic (exact) mass is 253 g/mol. The predicted molar refractivity (Wildman–Crippen MR) is 68.9 cm³/mol. The molecule has 0 radical (unpaired) electrons. The molecule has 92 valence electrons. The van der Waals surface area contributed by atoms with E-state index in [4.69, 9.17) is 11.6 Å². The van der Waals surface area contributed by atoms with Gasteiger partial charge < -0.3 is 0 Å². The molecule has 0 unspecified atom stereocenters. The first-order valence-electron chi connectivity index (χ1n) is 5.34. The lowest BCUT2D eigenvalue weighted by molar-refractivity contribution is 0.0540. The predicted octanol–water partition coefficient (Wildman–Crippen LogP) is 1.66. The zero-order valence-corrected chi connectivity index (χ0v) is 11.2. The lowest BCUT2D eigenvalue weighted by Crippen LogP contribution is -2.37. The summed E-state index contributed by atoms with van der Waals surface area (Å²) >= 11 is 5.93. The number of hydrogen-bond acceptors (Lipinski definition) is 4. The van der Waals surface area contributed by atoms with Gasteiger partial charge in [-0.05, 0) is 46.4 Å². The van der Waals surface area contributed by atoms with Crippen LogP contribution >= 0.6 is 11.6 Å². The van der Waals surface area contributed by atoms with E-state index < -0.39 is 0 Å². The molecule has 0 aliphatic carbocycles. The van der Waals surface area contributed by atoms with Gasteiger partial charge in [-0.25, -0.2) is 4.68 Å². The van der Waals surface area contributed by atoms with E-state index in [2.05, 4.69) is 20.1 Å². The molecule has 0 spiro atoms. The summed E-state index contributed by atoms with van der Waals surface area (Å²) in [7, 11) is 8.03. The van der Waals surface area contributed by atoms with Gasteiger partial charge in [0.2, 0.25) is 0 Å². The summed E-state index contributed by atoms with van der Waals surface area (Å²) < 4.78 is 1.88. The van der Waals surface area contributed by atoms with Crippen LogP contribution in [0.4, 0.5) is 0 Å². The number of aromatic nitrogens is 3. The lowest BCUT2D eigenvalue weighted by atomic mass is 10.3. The molecule has 0 saturated heterocycles. The van der Waals surface area contributed by atoms with Crippen molar-refractivity contribution in [3.63, 3.8) is 0 Å². The van der Waals surface area contributed by atoms with Crippen LogP contribution in [0.15, 0.2) is 18.2 Å². The van der Waals surface area contributed by atoms with Gasteiger partial charge in [0.25, 0.3) is 0 Å². The zero-order valence-electron chi connectivity index (χ0n) is 10.4. The molecular weight excluding hydrogens is 238 g/mol. The van der Waals surface area contributed by atoms with Crippen LogP contribution in [0.1, 0.15) is 6.29 Å². The van der Waals surface area contributed by atoms with Gasteiger partial charge in [0.1, 0.15) is 5.52 Å². The number of hydrogen-bond donors (Lipinski definition) is 0. The number of benzene rings is 1. The van der Waals surface area contributed by atoms with Gasteiger partial charge >= 0.3 is 0 Å². The molecule has 0 aliphatic heterocycles. The zero-order chi connectivity index (χ0) is 12.6. The van der Waals surface area contributed by atoms with Gasteiger partial charge in [-0.1, -0.05) is 16.8 Å². The van der Waals surface area contributed by atoms with Gasteiger partial charge in [-0.3, -0.25) is 9.80 Å². The highest BCUT2D eigenvalue weighted by Gasteiger charge is 2.19. The summed E-state index contributed by atoms with van der Waals surface area (Å²) in [6.07, 6.45) is 0.0289. The van der Waals surface area contributed by atoms with Crippen molar-refractivity contribution in [3.05, 3.63) is 23.2 Å². The highest BCUT2D eigenvalue weighted by atomic mass is 35.5. The first-order chi connectivity index (χ1) is 8.00. The Morgan fingerprint density at radius 1 is 1.18 bits per heavy atom. The normalized spacial score (nSPS) is 12.2. The molecule has 17 heavy (non-hydrogen) atoms. The van der Waals surface area contributed by atoms with E-state index in [0.717, 1.165) is 11.0 Å². The molecule has 1 aromatic heterocycles. The van der Waals surface area contributed by atoms with Crippen molar-refractivity contribution in [2.24, 2.45) is 0 Å². The smallest absolute Gasteiger partial charge is 0.161 e. The van der Waals surface area contributed by atoms with Gasteiger partial charge in [-0.2, -0.15) is 0 Å². The van der Waals surface area contributed by atoms with Crippen LogP contribution in [0.25, 0.3) is 11.0 Å². The maximum absolute atomic E-state index is 5.93. The van der Waals surface area contributed by atoms with Crippen LogP contribution in [0.3, 0.4) is 0 Å². The van der Waals surface area contributed by atoms with Gasteiger partial charge in [-0.15, -0.1) is 5.10 Å². The average molecular weight is 254 g/mol. The minimum absolute atomic E-state index is 0.0289. The third kappa shape index (κ3) is 2.26. The average Bonchev–Trinajstić information content (AvgIpc) is 2.60. The van der Waals surface area contributed by atoms with E-state index >= 15 is 0 Å². The second-order valence-corrected chi connectivity index (χ2v) is 4.88. The fraction of sp³-hybridized carbons (Fsp3) is 0.455. The van der Waals surface area contributed by atoms with Crippen LogP contribution in [-0.2, 0) is 0 Å². The quantitative estimate of drug-likeness (QED) is 0.780. The first-order valence-corrected chi connectivity index (χ1v) is 5.72. The Hall–Kier alpha value is -1.17. The molecule has 2 aromatic rings. The number of halogens is 1. The Morgan fingerprint density at radius 3 is 2.41 bits per heavy atom. The Labute approximate surface area is 106 Å². The molecule has 5 nitrogen and oxygen atoms in total. The van der Waals surface area contributed by atoms with Crippen molar-refractivity contribution in [2.45, 2.75) is 6.29 Å². The minimum Gasteiger partial charge on any atom is -0.275 e. The summed E-state index contributed by atoms with van der Waals surface area (Å²) in [4.78, 5) is 4.14. The van der Waals surface area contributed by atoms with Gasteiger partial charge in [0, 0.05) is 5.02 Å². The topological polar surface area (TPSA) is 37.2 Å². The highest BCUT2D eigenvalue weighted by molar-refractivity contribution is 6.31. The molecule has 6 heteroatoms. The summed E-state index contributed by atoms with van der Waals surface area (Å²) in [5.74, 6) is 0. The van der Waals surface area contributed by atoms with E-state index in [9.17, 15) is 0 Å². The Balaban J connectivity index is 2.54. The Morgan fingerprint density at radius 2 is 1.82 bits per heavy atom. The summed E-state index contributed by atoms with van der Waals surface area (Å²) in [6.45, 7) is 0. The van der Waals surface area contributed by atoms with Crippen LogP contribution < -0.4 is 0 Å². The maximum atomic E-state index is 5.93. The molecule has 0 fully saturated rings. The van der Waals surface area contributed by atoms with E-state index in [0.29, 0.717) is 5.02 Å². The molecule has 0 saturated carbocycles. The molecule has 2 rings (SSSR count). The molecule has 0 N–H and O–H groups in total. The molecule has 0 amide bonds. The second kappa shape index (κ2) is 4.60.